The van der Waals surface area contributed by atoms with Gasteiger partial charge in [-0.25, -0.2) is 0 Å². The van der Waals surface area contributed by atoms with Crippen LogP contribution in [0.4, 0.5) is 0 Å². The Morgan fingerprint density at radius 2 is 1.47 bits per heavy atom. The number of nitrogens with zero attached hydrogens (tertiary/aromatic N) is 2. The van der Waals surface area contributed by atoms with Gasteiger partial charge in [0.25, 0.3) is 0 Å². The smallest absolute Gasteiger partial charge is 0.660 e. The minimum atomic E-state index is 0. The molecule has 17 heavy (non-hydrogen) atoms. The van der Waals surface area contributed by atoms with E-state index in [0.29, 0.717) is 0 Å². The number of hydrogen-bond acceptors (Lipinski definition) is 1. The van der Waals surface area contributed by atoms with Gasteiger partial charge in [0.05, 0.1) is 0 Å². The molecule has 0 bridgehead atoms. The second-order valence-corrected chi connectivity index (χ2v) is 3.11. The number of hydrogen-bond donors (Lipinski definition) is 0. The van der Waals surface area contributed by atoms with Crippen LogP contribution in [0.2, 0.25) is 0 Å². The summed E-state index contributed by atoms with van der Waals surface area (Å²) in [7, 11) is 0. The van der Waals surface area contributed by atoms with Crippen molar-refractivity contribution in [3.8, 4) is 0 Å². The van der Waals surface area contributed by atoms with Crippen molar-refractivity contribution in [1.82, 2.24) is 4.90 Å². The summed E-state index contributed by atoms with van der Waals surface area (Å²) in [5, 5.41) is 4.23. The number of rotatable bonds is 1. The van der Waals surface area contributed by atoms with Crippen molar-refractivity contribution in [2.24, 2.45) is 0 Å². The Kier molecular flexibility index (Phi) is 26.8. The maximum atomic E-state index is 4.23. The SMILES string of the molecule is CCN1CC[N-]CC1.[K+].[W].[Y].[c-]1cc[c-]cc1. The number of piperazine rings is 1. The second kappa shape index (κ2) is 18.6. The predicted molar refractivity (Wildman–Crippen MR) is 59.3 cm³/mol. The van der Waals surface area contributed by atoms with Crippen molar-refractivity contribution in [3.63, 3.8) is 0 Å². The summed E-state index contributed by atoms with van der Waals surface area (Å²) in [6.07, 6.45) is 0. The van der Waals surface area contributed by atoms with E-state index in [2.05, 4.69) is 29.3 Å². The molecule has 1 radical (unpaired) electrons. The van der Waals surface area contributed by atoms with Crippen molar-refractivity contribution in [2.75, 3.05) is 32.7 Å². The van der Waals surface area contributed by atoms with Crippen LogP contribution in [0.15, 0.2) is 24.3 Å². The standard InChI is InChI=1S/C6H13N2.C6H4.K.W.Y/c1-2-8-5-3-7-4-6-8;1-2-4-6-5-3-1;;;/h2-6H2,1H3;1-2,5-6H;;;/q-1;-2;+1;;. The Balaban J connectivity index is -0.000000201. The molecular formula is C12H17KN2WY-2. The van der Waals surface area contributed by atoms with Gasteiger partial charge in [0.15, 0.2) is 0 Å². The molecule has 1 fully saturated rings. The summed E-state index contributed by atoms with van der Waals surface area (Å²) in [4.78, 5) is 2.42. The zero-order chi connectivity index (χ0) is 10.1. The van der Waals surface area contributed by atoms with Crippen LogP contribution >= 0.6 is 0 Å². The molecule has 0 amide bonds. The number of benzene rings is 1. The molecule has 0 atom stereocenters. The van der Waals surface area contributed by atoms with E-state index in [0.717, 1.165) is 13.1 Å². The van der Waals surface area contributed by atoms with Crippen molar-refractivity contribution in [3.05, 3.63) is 41.7 Å². The Morgan fingerprint density at radius 1 is 1.06 bits per heavy atom. The first-order chi connectivity index (χ1) is 6.93. The minimum Gasteiger partial charge on any atom is -0.660 e. The summed E-state index contributed by atoms with van der Waals surface area (Å²) in [5.74, 6) is 0. The van der Waals surface area contributed by atoms with E-state index < -0.39 is 0 Å². The van der Waals surface area contributed by atoms with Gasteiger partial charge < -0.3 is 22.3 Å². The summed E-state index contributed by atoms with van der Waals surface area (Å²) in [5.41, 5.74) is 0. The van der Waals surface area contributed by atoms with Gasteiger partial charge in [-0.05, 0) is 19.6 Å². The molecule has 1 heterocycles. The van der Waals surface area contributed by atoms with Crippen LogP contribution in [0.5, 0.6) is 0 Å². The molecule has 1 aromatic carbocycles. The maximum absolute atomic E-state index is 4.23. The van der Waals surface area contributed by atoms with Crippen molar-refractivity contribution in [1.29, 1.82) is 0 Å². The van der Waals surface area contributed by atoms with E-state index >= 15 is 0 Å². The van der Waals surface area contributed by atoms with E-state index in [1.54, 1.807) is 0 Å². The minimum absolute atomic E-state index is 0. The molecule has 5 heteroatoms. The average Bonchev–Trinajstić information content (AvgIpc) is 2.33. The molecular weight excluding hydrogens is 484 g/mol. The van der Waals surface area contributed by atoms with Crippen LogP contribution in [0.3, 0.4) is 0 Å². The zero-order valence-electron chi connectivity index (χ0n) is 10.7. The monoisotopic (exact) mass is 501 g/mol. The van der Waals surface area contributed by atoms with Gasteiger partial charge in [-0.1, -0.05) is 6.92 Å². The van der Waals surface area contributed by atoms with E-state index in [9.17, 15) is 0 Å². The predicted octanol–water partition coefficient (Wildman–Crippen LogP) is -1.02. The molecule has 2 rings (SSSR count). The molecule has 1 aliphatic heterocycles. The van der Waals surface area contributed by atoms with Gasteiger partial charge >= 0.3 is 51.4 Å². The van der Waals surface area contributed by atoms with Crippen LogP contribution in [-0.2, 0) is 53.8 Å². The van der Waals surface area contributed by atoms with Gasteiger partial charge in [0.2, 0.25) is 0 Å². The molecule has 0 aliphatic carbocycles. The van der Waals surface area contributed by atoms with Gasteiger partial charge in [0, 0.05) is 53.8 Å². The quantitative estimate of drug-likeness (QED) is 0.356. The summed E-state index contributed by atoms with van der Waals surface area (Å²) >= 11 is 0. The van der Waals surface area contributed by atoms with E-state index in [1.165, 1.54) is 19.6 Å². The Hall–Kier alpha value is 2.57. The summed E-state index contributed by atoms with van der Waals surface area (Å²) in [6, 6.07) is 13.0. The normalized spacial score (nSPS) is 13.9. The molecule has 0 saturated carbocycles. The third kappa shape index (κ3) is 14.8. The fourth-order valence-electron chi connectivity index (χ4n) is 1.27. The fourth-order valence-corrected chi connectivity index (χ4v) is 1.27. The molecule has 1 aliphatic rings. The van der Waals surface area contributed by atoms with E-state index in [-0.39, 0.29) is 105 Å². The van der Waals surface area contributed by atoms with Gasteiger partial charge in [-0.15, -0.1) is 13.1 Å². The summed E-state index contributed by atoms with van der Waals surface area (Å²) < 4.78 is 0. The molecule has 1 saturated heterocycles. The largest absolute Gasteiger partial charge is 1.00 e. The van der Waals surface area contributed by atoms with Crippen molar-refractivity contribution >= 4 is 0 Å². The van der Waals surface area contributed by atoms with Crippen molar-refractivity contribution < 1.29 is 105 Å². The maximum Gasteiger partial charge on any atom is 1.00 e. The average molecular weight is 501 g/mol. The van der Waals surface area contributed by atoms with Crippen LogP contribution in [0, 0.1) is 12.1 Å². The second-order valence-electron chi connectivity index (χ2n) is 3.11. The number of likely N-dealkylation sites (N-methyl/N-ethyl adjacent to an activating group) is 1. The molecule has 0 unspecified atom stereocenters. The van der Waals surface area contributed by atoms with Gasteiger partial charge in [-0.2, -0.15) is 0 Å². The van der Waals surface area contributed by atoms with E-state index in [4.69, 9.17) is 0 Å². The van der Waals surface area contributed by atoms with Gasteiger partial charge in [-0.3, -0.25) is 24.3 Å². The molecule has 0 N–H and O–H groups in total. The Morgan fingerprint density at radius 3 is 1.71 bits per heavy atom. The zero-order valence-corrected chi connectivity index (χ0v) is 19.6. The van der Waals surface area contributed by atoms with E-state index in [1.807, 2.05) is 24.3 Å². The Labute approximate surface area is 188 Å². The van der Waals surface area contributed by atoms with Crippen LogP contribution < -0.4 is 51.4 Å². The summed E-state index contributed by atoms with van der Waals surface area (Å²) in [6.45, 7) is 7.84. The van der Waals surface area contributed by atoms with Crippen LogP contribution in [0.1, 0.15) is 6.92 Å². The first kappa shape index (κ1) is 24.6. The molecule has 2 nitrogen and oxygen atoms in total. The molecule has 0 aromatic heterocycles. The molecule has 0 spiro atoms. The molecule has 1 aromatic rings. The third-order valence-corrected chi connectivity index (χ3v) is 2.15. The first-order valence-electron chi connectivity index (χ1n) is 5.11. The van der Waals surface area contributed by atoms with Crippen LogP contribution in [0.25, 0.3) is 5.32 Å². The third-order valence-electron chi connectivity index (χ3n) is 2.15. The molecule has 87 valence electrons. The van der Waals surface area contributed by atoms with Crippen molar-refractivity contribution in [2.45, 2.75) is 6.92 Å². The topological polar surface area (TPSA) is 17.3 Å². The first-order valence-corrected chi connectivity index (χ1v) is 5.11. The van der Waals surface area contributed by atoms with Crippen LogP contribution in [-0.4, -0.2) is 37.6 Å². The fraction of sp³-hybridized carbons (Fsp3) is 0.500. The van der Waals surface area contributed by atoms with Gasteiger partial charge in [0.1, 0.15) is 0 Å². The Bertz CT molecular complexity index is 194.